The third-order valence-electron chi connectivity index (χ3n) is 6.69. The summed E-state index contributed by atoms with van der Waals surface area (Å²) in [5, 5.41) is 0. The molecule has 0 spiro atoms. The molecule has 2 aromatic carbocycles. The molecule has 1 atom stereocenters. The van der Waals surface area contributed by atoms with Crippen LogP contribution in [-0.2, 0) is 13.1 Å². The van der Waals surface area contributed by atoms with Crippen LogP contribution in [0.2, 0.25) is 0 Å². The van der Waals surface area contributed by atoms with Crippen molar-refractivity contribution in [3.05, 3.63) is 78.1 Å². The van der Waals surface area contributed by atoms with Crippen LogP contribution in [0.1, 0.15) is 37.3 Å². The van der Waals surface area contributed by atoms with Crippen LogP contribution in [0.4, 0.5) is 0 Å². The number of pyridine rings is 1. The van der Waals surface area contributed by atoms with Gasteiger partial charge in [-0.05, 0) is 54.6 Å². The summed E-state index contributed by atoms with van der Waals surface area (Å²) in [7, 11) is 1.69. The van der Waals surface area contributed by atoms with Crippen LogP contribution in [0.3, 0.4) is 0 Å². The van der Waals surface area contributed by atoms with Gasteiger partial charge in [-0.1, -0.05) is 55.8 Å². The summed E-state index contributed by atoms with van der Waals surface area (Å²) < 4.78 is 7.47. The fraction of sp³-hybridized carbons (Fsp3) is 0.357. The zero-order valence-electron chi connectivity index (χ0n) is 19.6. The lowest BCUT2D eigenvalue weighted by molar-refractivity contribution is 0.314. The molecule has 0 N–H and O–H groups in total. The molecule has 5 heteroatoms. The molecule has 5 rings (SSSR count). The Hall–Kier alpha value is -3.18. The number of fused-ring (bicyclic) bond motifs is 1. The van der Waals surface area contributed by atoms with Crippen molar-refractivity contribution in [3.8, 4) is 17.0 Å². The van der Waals surface area contributed by atoms with E-state index >= 15 is 0 Å². The molecule has 1 unspecified atom stereocenters. The average Bonchev–Trinajstić information content (AvgIpc) is 3.47. The van der Waals surface area contributed by atoms with Crippen molar-refractivity contribution in [2.24, 2.45) is 5.92 Å². The third kappa shape index (κ3) is 4.79. The fourth-order valence-electron chi connectivity index (χ4n) is 4.96. The van der Waals surface area contributed by atoms with Crippen molar-refractivity contribution in [2.75, 3.05) is 20.2 Å². The largest absolute Gasteiger partial charge is 0.497 e. The Morgan fingerprint density at radius 2 is 1.85 bits per heavy atom. The van der Waals surface area contributed by atoms with Gasteiger partial charge in [0.25, 0.3) is 0 Å². The minimum Gasteiger partial charge on any atom is -0.497 e. The predicted octanol–water partition coefficient (Wildman–Crippen LogP) is 5.78. The second-order valence-electron chi connectivity index (χ2n) is 9.10. The number of ether oxygens (including phenoxy) is 1. The van der Waals surface area contributed by atoms with Gasteiger partial charge in [0.1, 0.15) is 11.3 Å². The summed E-state index contributed by atoms with van der Waals surface area (Å²) in [5.41, 5.74) is 6.59. The van der Waals surface area contributed by atoms with Gasteiger partial charge in [-0.2, -0.15) is 0 Å². The first-order valence-corrected chi connectivity index (χ1v) is 12.0. The SMILES string of the molecule is CCCC1CCN(Cc2cc(-c3ccccc3)nc3c2ncn3Cc2ccc(OC)cc2)C1. The predicted molar refractivity (Wildman–Crippen MR) is 133 cm³/mol. The maximum absolute atomic E-state index is 5.30. The van der Waals surface area contributed by atoms with E-state index in [4.69, 9.17) is 14.7 Å². The second-order valence-corrected chi connectivity index (χ2v) is 9.10. The van der Waals surface area contributed by atoms with E-state index in [1.54, 1.807) is 7.11 Å². The molecule has 0 amide bonds. The molecular weight excluding hydrogens is 408 g/mol. The monoisotopic (exact) mass is 440 g/mol. The smallest absolute Gasteiger partial charge is 0.161 e. The topological polar surface area (TPSA) is 43.2 Å². The first-order valence-electron chi connectivity index (χ1n) is 12.0. The van der Waals surface area contributed by atoms with Gasteiger partial charge in [0.05, 0.1) is 25.7 Å². The van der Waals surface area contributed by atoms with Gasteiger partial charge in [0.2, 0.25) is 0 Å². The Balaban J connectivity index is 1.50. The molecule has 1 fully saturated rings. The van der Waals surface area contributed by atoms with Crippen molar-refractivity contribution in [3.63, 3.8) is 0 Å². The van der Waals surface area contributed by atoms with E-state index in [0.717, 1.165) is 47.2 Å². The first-order chi connectivity index (χ1) is 16.2. The fourth-order valence-corrected chi connectivity index (χ4v) is 4.96. The first kappa shape index (κ1) is 21.7. The summed E-state index contributed by atoms with van der Waals surface area (Å²) in [6.07, 6.45) is 5.84. The van der Waals surface area contributed by atoms with Crippen LogP contribution in [0, 0.1) is 5.92 Å². The number of benzene rings is 2. The Kier molecular flexibility index (Phi) is 6.40. The van der Waals surface area contributed by atoms with Crippen molar-refractivity contribution < 1.29 is 4.74 Å². The van der Waals surface area contributed by atoms with E-state index < -0.39 is 0 Å². The molecule has 4 aromatic rings. The molecule has 0 radical (unpaired) electrons. The summed E-state index contributed by atoms with van der Waals surface area (Å²) in [5.74, 6) is 1.70. The molecule has 0 aliphatic carbocycles. The molecule has 170 valence electrons. The molecule has 1 aliphatic rings. The number of methoxy groups -OCH3 is 1. The van der Waals surface area contributed by atoms with E-state index in [1.165, 1.54) is 43.5 Å². The summed E-state index contributed by atoms with van der Waals surface area (Å²) in [6.45, 7) is 6.30. The van der Waals surface area contributed by atoms with Gasteiger partial charge in [-0.25, -0.2) is 9.97 Å². The number of hydrogen-bond acceptors (Lipinski definition) is 4. The molecule has 5 nitrogen and oxygen atoms in total. The van der Waals surface area contributed by atoms with Gasteiger partial charge < -0.3 is 9.30 Å². The van der Waals surface area contributed by atoms with Gasteiger partial charge in [-0.15, -0.1) is 0 Å². The van der Waals surface area contributed by atoms with Crippen LogP contribution in [-0.4, -0.2) is 39.6 Å². The highest BCUT2D eigenvalue weighted by Crippen LogP contribution is 2.28. The zero-order chi connectivity index (χ0) is 22.6. The minimum atomic E-state index is 0.730. The van der Waals surface area contributed by atoms with Crippen LogP contribution in [0.5, 0.6) is 5.75 Å². The number of imidazole rings is 1. The van der Waals surface area contributed by atoms with Crippen molar-refractivity contribution in [1.29, 1.82) is 0 Å². The highest BCUT2D eigenvalue weighted by molar-refractivity contribution is 5.79. The Morgan fingerprint density at radius 3 is 2.61 bits per heavy atom. The van der Waals surface area contributed by atoms with Gasteiger partial charge >= 0.3 is 0 Å². The lowest BCUT2D eigenvalue weighted by Crippen LogP contribution is -2.20. The summed E-state index contributed by atoms with van der Waals surface area (Å²) >= 11 is 0. The zero-order valence-corrected chi connectivity index (χ0v) is 19.6. The quantitative estimate of drug-likeness (QED) is 0.348. The molecule has 0 bridgehead atoms. The van der Waals surface area contributed by atoms with Crippen molar-refractivity contribution >= 4 is 11.2 Å². The maximum Gasteiger partial charge on any atom is 0.161 e. The summed E-state index contributed by atoms with van der Waals surface area (Å²) in [4.78, 5) is 12.5. The number of likely N-dealkylation sites (tertiary alicyclic amines) is 1. The van der Waals surface area contributed by atoms with Crippen LogP contribution < -0.4 is 4.74 Å². The Bertz CT molecular complexity index is 1200. The molecule has 1 aliphatic heterocycles. The molecule has 33 heavy (non-hydrogen) atoms. The number of aromatic nitrogens is 3. The maximum atomic E-state index is 5.30. The van der Waals surface area contributed by atoms with E-state index in [1.807, 2.05) is 18.5 Å². The van der Waals surface area contributed by atoms with Crippen LogP contribution >= 0.6 is 0 Å². The normalized spacial score (nSPS) is 16.5. The average molecular weight is 441 g/mol. The van der Waals surface area contributed by atoms with Crippen molar-refractivity contribution in [2.45, 2.75) is 39.3 Å². The Morgan fingerprint density at radius 1 is 1.03 bits per heavy atom. The summed E-state index contributed by atoms with van der Waals surface area (Å²) in [6, 6.07) is 20.9. The lowest BCUT2D eigenvalue weighted by Gasteiger charge is -2.17. The van der Waals surface area contributed by atoms with E-state index in [2.05, 4.69) is 64.9 Å². The van der Waals surface area contributed by atoms with Crippen LogP contribution in [0.15, 0.2) is 67.0 Å². The number of nitrogens with zero attached hydrogens (tertiary/aromatic N) is 4. The Labute approximate surface area is 196 Å². The van der Waals surface area contributed by atoms with Crippen LogP contribution in [0.25, 0.3) is 22.4 Å². The molecule has 3 heterocycles. The number of hydrogen-bond donors (Lipinski definition) is 0. The second kappa shape index (κ2) is 9.75. The third-order valence-corrected chi connectivity index (χ3v) is 6.69. The molecule has 0 saturated carbocycles. The van der Waals surface area contributed by atoms with Crippen molar-refractivity contribution in [1.82, 2.24) is 19.4 Å². The van der Waals surface area contributed by atoms with E-state index in [0.29, 0.717) is 0 Å². The van der Waals surface area contributed by atoms with E-state index in [9.17, 15) is 0 Å². The standard InChI is InChI=1S/C28H32N4O/c1-3-7-21-14-15-31(17-21)19-24-16-26(23-8-5-4-6-9-23)30-28-27(24)29-20-32(28)18-22-10-12-25(33-2)13-11-22/h4-6,8-13,16,20-21H,3,7,14-15,17-19H2,1-2H3. The van der Waals surface area contributed by atoms with Gasteiger partial charge in [0.15, 0.2) is 5.65 Å². The van der Waals surface area contributed by atoms with E-state index in [-0.39, 0.29) is 0 Å². The highest BCUT2D eigenvalue weighted by Gasteiger charge is 2.23. The molecule has 1 saturated heterocycles. The molecular formula is C28H32N4O. The number of rotatable bonds is 8. The minimum absolute atomic E-state index is 0.730. The van der Waals surface area contributed by atoms with Gasteiger partial charge in [-0.3, -0.25) is 4.90 Å². The molecule has 2 aromatic heterocycles. The lowest BCUT2D eigenvalue weighted by atomic mass is 10.0. The van der Waals surface area contributed by atoms with Gasteiger partial charge in [0, 0.05) is 18.7 Å². The highest BCUT2D eigenvalue weighted by atomic mass is 16.5.